The molecule has 0 spiro atoms. The van der Waals surface area contributed by atoms with Crippen molar-refractivity contribution < 1.29 is 9.90 Å². The Morgan fingerprint density at radius 1 is 1.19 bits per heavy atom. The van der Waals surface area contributed by atoms with Crippen LogP contribution < -0.4 is 10.2 Å². The number of pyridine rings is 1. The summed E-state index contributed by atoms with van der Waals surface area (Å²) < 4.78 is 0. The van der Waals surface area contributed by atoms with Crippen molar-refractivity contribution in [1.29, 1.82) is 0 Å². The standard InChI is InChI=1S/C22H25N3O2/c1-25(2)19-8-4-6-17(13-19)21(15-26)24-22(27)10-9-16-5-3-7-18-14-23-12-11-20(16)18/h3-8,11-14,21,26H,9-10,15H2,1-2H3,(H,24,27)/t21-/m0/s1. The molecule has 0 unspecified atom stereocenters. The Morgan fingerprint density at radius 3 is 2.78 bits per heavy atom. The van der Waals surface area contributed by atoms with Crippen molar-refractivity contribution in [3.8, 4) is 0 Å². The summed E-state index contributed by atoms with van der Waals surface area (Å²) in [5.41, 5.74) is 3.05. The number of hydrogen-bond acceptors (Lipinski definition) is 4. The number of nitrogens with one attached hydrogen (secondary N) is 1. The van der Waals surface area contributed by atoms with Gasteiger partial charge in [0, 0.05) is 44.0 Å². The van der Waals surface area contributed by atoms with E-state index >= 15 is 0 Å². The predicted octanol–water partition coefficient (Wildman–Crippen LogP) is 3.08. The highest BCUT2D eigenvalue weighted by Gasteiger charge is 2.15. The van der Waals surface area contributed by atoms with Gasteiger partial charge in [0.1, 0.15) is 0 Å². The molecular formula is C22H25N3O2. The van der Waals surface area contributed by atoms with E-state index in [-0.39, 0.29) is 12.5 Å². The van der Waals surface area contributed by atoms with Crippen molar-refractivity contribution in [2.45, 2.75) is 18.9 Å². The number of hydrogen-bond donors (Lipinski definition) is 2. The number of aryl methyl sites for hydroxylation is 1. The van der Waals surface area contributed by atoms with Crippen LogP contribution in [-0.4, -0.2) is 36.7 Å². The number of rotatable bonds is 7. The summed E-state index contributed by atoms with van der Waals surface area (Å²) in [6.45, 7) is -0.136. The van der Waals surface area contributed by atoms with E-state index in [1.165, 1.54) is 0 Å². The van der Waals surface area contributed by atoms with Crippen molar-refractivity contribution in [2.24, 2.45) is 0 Å². The minimum atomic E-state index is -0.408. The minimum Gasteiger partial charge on any atom is -0.394 e. The van der Waals surface area contributed by atoms with Gasteiger partial charge in [-0.3, -0.25) is 9.78 Å². The molecule has 0 fully saturated rings. The number of aliphatic hydroxyl groups is 1. The molecule has 1 atom stereocenters. The second-order valence-corrected chi connectivity index (χ2v) is 6.81. The number of anilines is 1. The van der Waals surface area contributed by atoms with Gasteiger partial charge in [0.15, 0.2) is 0 Å². The topological polar surface area (TPSA) is 65.5 Å². The maximum absolute atomic E-state index is 12.5. The van der Waals surface area contributed by atoms with Crippen LogP contribution in [0.4, 0.5) is 5.69 Å². The summed E-state index contributed by atoms with van der Waals surface area (Å²) in [7, 11) is 3.93. The van der Waals surface area contributed by atoms with Crippen molar-refractivity contribution in [2.75, 3.05) is 25.6 Å². The number of carbonyl (C=O) groups is 1. The quantitative estimate of drug-likeness (QED) is 0.677. The van der Waals surface area contributed by atoms with Gasteiger partial charge in [-0.2, -0.15) is 0 Å². The fraction of sp³-hybridized carbons (Fsp3) is 0.273. The molecule has 1 heterocycles. The van der Waals surface area contributed by atoms with E-state index < -0.39 is 6.04 Å². The van der Waals surface area contributed by atoms with Gasteiger partial charge in [-0.05, 0) is 41.1 Å². The zero-order valence-electron chi connectivity index (χ0n) is 15.7. The van der Waals surface area contributed by atoms with E-state index in [0.29, 0.717) is 12.8 Å². The number of benzene rings is 2. The first-order valence-electron chi connectivity index (χ1n) is 9.07. The van der Waals surface area contributed by atoms with E-state index in [9.17, 15) is 9.90 Å². The highest BCUT2D eigenvalue weighted by molar-refractivity contribution is 5.85. The van der Waals surface area contributed by atoms with Gasteiger partial charge in [0.2, 0.25) is 5.91 Å². The molecule has 0 aliphatic carbocycles. The Labute approximate surface area is 159 Å². The van der Waals surface area contributed by atoms with Crippen molar-refractivity contribution in [3.63, 3.8) is 0 Å². The lowest BCUT2D eigenvalue weighted by Crippen LogP contribution is -2.31. The number of aliphatic hydroxyl groups excluding tert-OH is 1. The molecule has 0 saturated carbocycles. The first kappa shape index (κ1) is 18.9. The zero-order chi connectivity index (χ0) is 19.2. The Bertz CT molecular complexity index is 919. The Kier molecular flexibility index (Phi) is 6.04. The first-order chi connectivity index (χ1) is 13.1. The smallest absolute Gasteiger partial charge is 0.220 e. The van der Waals surface area contributed by atoms with Crippen LogP contribution in [0.2, 0.25) is 0 Å². The molecule has 2 N–H and O–H groups in total. The molecule has 3 aromatic rings. The number of amides is 1. The summed E-state index contributed by atoms with van der Waals surface area (Å²) >= 11 is 0. The number of aromatic nitrogens is 1. The second kappa shape index (κ2) is 8.64. The molecule has 140 valence electrons. The fourth-order valence-electron chi connectivity index (χ4n) is 3.18. The summed E-state index contributed by atoms with van der Waals surface area (Å²) in [5, 5.41) is 14.9. The van der Waals surface area contributed by atoms with Crippen LogP contribution in [-0.2, 0) is 11.2 Å². The molecule has 27 heavy (non-hydrogen) atoms. The number of nitrogens with zero attached hydrogens (tertiary/aromatic N) is 2. The Balaban J connectivity index is 1.66. The number of carbonyl (C=O) groups excluding carboxylic acids is 1. The van der Waals surface area contributed by atoms with Gasteiger partial charge >= 0.3 is 0 Å². The molecule has 0 aliphatic rings. The zero-order valence-corrected chi connectivity index (χ0v) is 15.7. The van der Waals surface area contributed by atoms with Crippen molar-refractivity contribution >= 4 is 22.4 Å². The summed E-state index contributed by atoms with van der Waals surface area (Å²) in [6.07, 6.45) is 4.61. The largest absolute Gasteiger partial charge is 0.394 e. The normalized spacial score (nSPS) is 12.0. The summed E-state index contributed by atoms with van der Waals surface area (Å²) in [6, 6.07) is 15.5. The minimum absolute atomic E-state index is 0.0737. The first-order valence-corrected chi connectivity index (χ1v) is 9.07. The van der Waals surface area contributed by atoms with Crippen LogP contribution in [0.15, 0.2) is 60.9 Å². The van der Waals surface area contributed by atoms with Crippen molar-refractivity contribution in [3.05, 3.63) is 72.1 Å². The average Bonchev–Trinajstić information content (AvgIpc) is 2.70. The molecule has 1 aromatic heterocycles. The lowest BCUT2D eigenvalue weighted by molar-refractivity contribution is -0.122. The lowest BCUT2D eigenvalue weighted by atomic mass is 10.0. The SMILES string of the molecule is CN(C)c1cccc([C@H](CO)NC(=O)CCc2cccc3cnccc23)c1. The maximum atomic E-state index is 12.5. The monoisotopic (exact) mass is 363 g/mol. The number of fused-ring (bicyclic) bond motifs is 1. The van der Waals surface area contributed by atoms with Crippen LogP contribution >= 0.6 is 0 Å². The molecule has 1 amide bonds. The Hall–Kier alpha value is -2.92. The molecule has 0 bridgehead atoms. The Morgan fingerprint density at radius 2 is 2.00 bits per heavy atom. The molecule has 5 nitrogen and oxygen atoms in total. The van der Waals surface area contributed by atoms with Crippen LogP contribution in [0.5, 0.6) is 0 Å². The third-order valence-corrected chi connectivity index (χ3v) is 4.70. The van der Waals surface area contributed by atoms with Gasteiger partial charge in [-0.25, -0.2) is 0 Å². The maximum Gasteiger partial charge on any atom is 0.220 e. The van der Waals surface area contributed by atoms with E-state index in [4.69, 9.17) is 0 Å². The fourth-order valence-corrected chi connectivity index (χ4v) is 3.18. The van der Waals surface area contributed by atoms with E-state index in [1.807, 2.05) is 73.7 Å². The van der Waals surface area contributed by atoms with Crippen LogP contribution in [0.1, 0.15) is 23.6 Å². The summed E-state index contributed by atoms with van der Waals surface area (Å²) in [4.78, 5) is 18.6. The van der Waals surface area contributed by atoms with Gasteiger partial charge in [-0.1, -0.05) is 30.3 Å². The molecule has 0 aliphatic heterocycles. The predicted molar refractivity (Wildman–Crippen MR) is 109 cm³/mol. The second-order valence-electron chi connectivity index (χ2n) is 6.81. The van der Waals surface area contributed by atoms with Crippen LogP contribution in [0, 0.1) is 0 Å². The highest BCUT2D eigenvalue weighted by Crippen LogP contribution is 2.21. The van der Waals surface area contributed by atoms with Crippen LogP contribution in [0.3, 0.4) is 0 Å². The van der Waals surface area contributed by atoms with Gasteiger partial charge in [0.05, 0.1) is 12.6 Å². The highest BCUT2D eigenvalue weighted by atomic mass is 16.3. The summed E-state index contributed by atoms with van der Waals surface area (Å²) in [5.74, 6) is -0.0737. The van der Waals surface area contributed by atoms with E-state index in [0.717, 1.165) is 27.6 Å². The molecule has 0 radical (unpaired) electrons. The van der Waals surface area contributed by atoms with Gasteiger partial charge < -0.3 is 15.3 Å². The lowest BCUT2D eigenvalue weighted by Gasteiger charge is -2.20. The molecule has 2 aromatic carbocycles. The van der Waals surface area contributed by atoms with Gasteiger partial charge in [-0.15, -0.1) is 0 Å². The molecule has 5 heteroatoms. The molecule has 0 saturated heterocycles. The average molecular weight is 363 g/mol. The molecular weight excluding hydrogens is 338 g/mol. The van der Waals surface area contributed by atoms with Gasteiger partial charge in [0.25, 0.3) is 0 Å². The van der Waals surface area contributed by atoms with Crippen LogP contribution in [0.25, 0.3) is 10.8 Å². The van der Waals surface area contributed by atoms with E-state index in [1.54, 1.807) is 6.20 Å². The molecule has 3 rings (SSSR count). The van der Waals surface area contributed by atoms with Crippen molar-refractivity contribution in [1.82, 2.24) is 10.3 Å². The third kappa shape index (κ3) is 4.63. The third-order valence-electron chi connectivity index (χ3n) is 4.70. The van der Waals surface area contributed by atoms with E-state index in [2.05, 4.69) is 10.3 Å².